The van der Waals surface area contributed by atoms with Crippen LogP contribution in [0.4, 0.5) is 0 Å². The molecule has 0 radical (unpaired) electrons. The lowest BCUT2D eigenvalue weighted by Crippen LogP contribution is -2.58. The largest absolute Gasteiger partial charge is 0.298 e. The summed E-state index contributed by atoms with van der Waals surface area (Å²) in [5.74, 6) is 0. The van der Waals surface area contributed by atoms with Crippen molar-refractivity contribution >= 4 is 0 Å². The zero-order valence-corrected chi connectivity index (χ0v) is 15.9. The first-order valence-corrected chi connectivity index (χ1v) is 10.3. The van der Waals surface area contributed by atoms with Gasteiger partial charge in [0.1, 0.15) is 0 Å². The molecule has 0 N–H and O–H groups in total. The highest BCUT2D eigenvalue weighted by Crippen LogP contribution is 2.33. The third-order valence-electron chi connectivity index (χ3n) is 6.29. The molecule has 2 atom stereocenters. The number of rotatable bonds is 11. The summed E-state index contributed by atoms with van der Waals surface area (Å²) in [6.07, 6.45) is 17.6. The zero-order valence-electron chi connectivity index (χ0n) is 15.9. The van der Waals surface area contributed by atoms with Crippen LogP contribution in [0.5, 0.6) is 0 Å². The van der Waals surface area contributed by atoms with Crippen molar-refractivity contribution in [1.82, 2.24) is 9.80 Å². The number of unbranched alkanes of at least 4 members (excludes halogenated alkanes) is 5. The van der Waals surface area contributed by atoms with E-state index in [1.807, 2.05) is 0 Å². The van der Waals surface area contributed by atoms with Crippen molar-refractivity contribution < 1.29 is 0 Å². The average Bonchev–Trinajstić information content (AvgIpc) is 3.27. The van der Waals surface area contributed by atoms with Crippen LogP contribution in [0.15, 0.2) is 12.7 Å². The van der Waals surface area contributed by atoms with E-state index in [0.29, 0.717) is 6.04 Å². The summed E-state index contributed by atoms with van der Waals surface area (Å²) in [5.41, 5.74) is 0.171. The van der Waals surface area contributed by atoms with Crippen molar-refractivity contribution in [3.8, 4) is 0 Å². The van der Waals surface area contributed by atoms with E-state index < -0.39 is 0 Å². The fraction of sp³-hybridized carbons (Fsp3) is 0.905. The molecule has 0 aromatic rings. The summed E-state index contributed by atoms with van der Waals surface area (Å²) in [6, 6.07) is 0.673. The predicted molar refractivity (Wildman–Crippen MR) is 102 cm³/mol. The maximum atomic E-state index is 4.27. The molecule has 2 nitrogen and oxygen atoms in total. The van der Waals surface area contributed by atoms with Gasteiger partial charge in [-0.15, -0.1) is 6.58 Å². The zero-order chi connectivity index (χ0) is 16.5. The van der Waals surface area contributed by atoms with E-state index in [1.165, 1.54) is 96.8 Å². The van der Waals surface area contributed by atoms with Crippen molar-refractivity contribution in [3.63, 3.8) is 0 Å². The number of hydrogen-bond donors (Lipinski definition) is 0. The van der Waals surface area contributed by atoms with Crippen LogP contribution in [-0.4, -0.2) is 47.6 Å². The van der Waals surface area contributed by atoms with Gasteiger partial charge in [-0.1, -0.05) is 51.5 Å². The molecule has 2 fully saturated rings. The van der Waals surface area contributed by atoms with Crippen LogP contribution in [0.1, 0.15) is 84.5 Å². The fourth-order valence-corrected chi connectivity index (χ4v) is 4.69. The van der Waals surface area contributed by atoms with Gasteiger partial charge in [-0.3, -0.25) is 9.80 Å². The second-order valence-electron chi connectivity index (χ2n) is 7.94. The van der Waals surface area contributed by atoms with Crippen molar-refractivity contribution in [3.05, 3.63) is 12.7 Å². The van der Waals surface area contributed by atoms with Crippen LogP contribution >= 0.6 is 0 Å². The van der Waals surface area contributed by atoms with E-state index in [2.05, 4.69) is 36.3 Å². The highest BCUT2D eigenvalue weighted by molar-refractivity contribution is 5.10. The molecule has 0 amide bonds. The summed E-state index contributed by atoms with van der Waals surface area (Å²) in [5, 5.41) is 0. The molecule has 0 bridgehead atoms. The van der Waals surface area contributed by atoms with Crippen LogP contribution in [0.3, 0.4) is 0 Å². The molecule has 2 aliphatic heterocycles. The molecule has 0 aromatic carbocycles. The highest BCUT2D eigenvalue weighted by Gasteiger charge is 2.41. The highest BCUT2D eigenvalue weighted by atomic mass is 15.3. The second kappa shape index (κ2) is 9.84. The van der Waals surface area contributed by atoms with E-state index in [4.69, 9.17) is 0 Å². The average molecular weight is 321 g/mol. The standard InChI is InChI=1S/C21H40N2/c1-4-6-7-8-9-10-15-20(22-16-11-12-17-22)21(3,5-2)23-18-13-14-19-23/h5,20H,2,4,6-19H2,1,3H3. The molecule has 2 saturated heterocycles. The lowest BCUT2D eigenvalue weighted by atomic mass is 9.85. The van der Waals surface area contributed by atoms with Crippen LogP contribution in [0.2, 0.25) is 0 Å². The van der Waals surface area contributed by atoms with Crippen LogP contribution in [-0.2, 0) is 0 Å². The number of nitrogens with zero attached hydrogens (tertiary/aromatic N) is 2. The second-order valence-corrected chi connectivity index (χ2v) is 7.94. The molecule has 0 aliphatic carbocycles. The van der Waals surface area contributed by atoms with Gasteiger partial charge in [0.15, 0.2) is 0 Å². The Morgan fingerprint density at radius 3 is 2.09 bits per heavy atom. The molecule has 23 heavy (non-hydrogen) atoms. The van der Waals surface area contributed by atoms with Crippen molar-refractivity contribution in [2.75, 3.05) is 26.2 Å². The van der Waals surface area contributed by atoms with Gasteiger partial charge >= 0.3 is 0 Å². The SMILES string of the molecule is C=CC(C)(C(CCCCCCCC)N1CCCC1)N1CCCC1. The van der Waals surface area contributed by atoms with Gasteiger partial charge in [-0.05, 0) is 65.2 Å². The normalized spacial score (nSPS) is 23.9. The molecule has 2 aliphatic rings. The maximum Gasteiger partial charge on any atom is 0.0516 e. The van der Waals surface area contributed by atoms with Gasteiger partial charge < -0.3 is 0 Å². The molecule has 134 valence electrons. The molecule has 0 spiro atoms. The molecule has 2 heteroatoms. The third-order valence-corrected chi connectivity index (χ3v) is 6.29. The smallest absolute Gasteiger partial charge is 0.0516 e. The summed E-state index contributed by atoms with van der Waals surface area (Å²) in [7, 11) is 0. The minimum atomic E-state index is 0.171. The molecule has 2 unspecified atom stereocenters. The monoisotopic (exact) mass is 320 g/mol. The van der Waals surface area contributed by atoms with Gasteiger partial charge in [0.05, 0.1) is 5.54 Å². The molecule has 2 rings (SSSR count). The topological polar surface area (TPSA) is 6.48 Å². The third kappa shape index (κ3) is 5.06. The van der Waals surface area contributed by atoms with Crippen molar-refractivity contribution in [2.24, 2.45) is 0 Å². The Balaban J connectivity index is 1.93. The Morgan fingerprint density at radius 2 is 1.48 bits per heavy atom. The first-order valence-electron chi connectivity index (χ1n) is 10.3. The van der Waals surface area contributed by atoms with Crippen molar-refractivity contribution in [1.29, 1.82) is 0 Å². The van der Waals surface area contributed by atoms with Gasteiger partial charge in [0.2, 0.25) is 0 Å². The quantitative estimate of drug-likeness (QED) is 0.379. The van der Waals surface area contributed by atoms with E-state index in [9.17, 15) is 0 Å². The van der Waals surface area contributed by atoms with Gasteiger partial charge in [-0.2, -0.15) is 0 Å². The Hall–Kier alpha value is -0.340. The Bertz CT molecular complexity index is 329. The minimum absolute atomic E-state index is 0.171. The Morgan fingerprint density at radius 1 is 0.913 bits per heavy atom. The van der Waals surface area contributed by atoms with Crippen molar-refractivity contribution in [2.45, 2.75) is 96.1 Å². The van der Waals surface area contributed by atoms with Crippen LogP contribution in [0.25, 0.3) is 0 Å². The first-order chi connectivity index (χ1) is 11.2. The Kier molecular flexibility index (Phi) is 8.12. The van der Waals surface area contributed by atoms with E-state index >= 15 is 0 Å². The Labute approximate surface area is 145 Å². The summed E-state index contributed by atoms with van der Waals surface area (Å²) in [4.78, 5) is 5.51. The van der Waals surface area contributed by atoms with Gasteiger partial charge in [0, 0.05) is 6.04 Å². The van der Waals surface area contributed by atoms with E-state index in [-0.39, 0.29) is 5.54 Å². The number of likely N-dealkylation sites (tertiary alicyclic amines) is 2. The van der Waals surface area contributed by atoms with Gasteiger partial charge in [-0.25, -0.2) is 0 Å². The molecule has 0 aromatic heterocycles. The predicted octanol–water partition coefficient (Wildman–Crippen LogP) is 5.24. The molecule has 2 heterocycles. The molecular weight excluding hydrogens is 280 g/mol. The lowest BCUT2D eigenvalue weighted by Gasteiger charge is -2.47. The minimum Gasteiger partial charge on any atom is -0.298 e. The summed E-state index contributed by atoms with van der Waals surface area (Å²) in [6.45, 7) is 14.2. The maximum absolute atomic E-state index is 4.27. The van der Waals surface area contributed by atoms with E-state index in [1.54, 1.807) is 0 Å². The van der Waals surface area contributed by atoms with Crippen LogP contribution in [0, 0.1) is 0 Å². The van der Waals surface area contributed by atoms with Crippen LogP contribution < -0.4 is 0 Å². The van der Waals surface area contributed by atoms with E-state index in [0.717, 1.165) is 0 Å². The molecular formula is C21H40N2. The summed E-state index contributed by atoms with van der Waals surface area (Å²) >= 11 is 0. The molecule has 0 saturated carbocycles. The lowest BCUT2D eigenvalue weighted by molar-refractivity contribution is 0.0593. The number of hydrogen-bond acceptors (Lipinski definition) is 2. The fourth-order valence-electron chi connectivity index (χ4n) is 4.69. The first kappa shape index (κ1) is 19.0. The summed E-state index contributed by atoms with van der Waals surface area (Å²) < 4.78 is 0. The van der Waals surface area contributed by atoms with Gasteiger partial charge in [0.25, 0.3) is 0 Å².